The van der Waals surface area contributed by atoms with Gasteiger partial charge in [-0.25, -0.2) is 0 Å². The van der Waals surface area contributed by atoms with Gasteiger partial charge < -0.3 is 15.3 Å². The lowest BCUT2D eigenvalue weighted by Crippen LogP contribution is -2.23. The summed E-state index contributed by atoms with van der Waals surface area (Å²) in [5, 5.41) is 15.5. The summed E-state index contributed by atoms with van der Waals surface area (Å²) in [5.74, 6) is 0.347. The van der Waals surface area contributed by atoms with Crippen molar-refractivity contribution in [2.75, 3.05) is 25.5 Å². The molecule has 0 saturated carbocycles. The number of rotatable bonds is 2. The molecule has 2 aromatic rings. The van der Waals surface area contributed by atoms with Gasteiger partial charge in [-0.2, -0.15) is 0 Å². The van der Waals surface area contributed by atoms with E-state index < -0.39 is 0 Å². The van der Waals surface area contributed by atoms with Crippen LogP contribution in [0.25, 0.3) is 10.8 Å². The van der Waals surface area contributed by atoms with E-state index in [1.165, 1.54) is 6.42 Å². The Balaban J connectivity index is 1.94. The smallest absolute Gasteiger partial charge is 0.123 e. The summed E-state index contributed by atoms with van der Waals surface area (Å²) in [5.41, 5.74) is 1.11. The average Bonchev–Trinajstić information content (AvgIpc) is 2.76. The molecule has 1 atom stereocenters. The van der Waals surface area contributed by atoms with Gasteiger partial charge in [0.2, 0.25) is 0 Å². The zero-order chi connectivity index (χ0) is 12.5. The Bertz CT molecular complexity index is 567. The van der Waals surface area contributed by atoms with E-state index in [0.717, 1.165) is 29.5 Å². The Hall–Kier alpha value is -1.74. The number of hydrogen-bond donors (Lipinski definition) is 2. The van der Waals surface area contributed by atoms with Gasteiger partial charge in [0.15, 0.2) is 0 Å². The largest absolute Gasteiger partial charge is 0.507 e. The lowest BCUT2D eigenvalue weighted by Gasteiger charge is -2.16. The first-order chi connectivity index (χ1) is 8.74. The highest BCUT2D eigenvalue weighted by Crippen LogP contribution is 2.30. The maximum Gasteiger partial charge on any atom is 0.123 e. The van der Waals surface area contributed by atoms with Gasteiger partial charge in [-0.05, 0) is 32.1 Å². The molecule has 0 radical (unpaired) electrons. The van der Waals surface area contributed by atoms with Crippen LogP contribution in [0.4, 0.5) is 5.69 Å². The van der Waals surface area contributed by atoms with Crippen molar-refractivity contribution in [2.45, 2.75) is 12.5 Å². The number of fused-ring (bicyclic) bond motifs is 1. The fraction of sp³-hybridized carbons (Fsp3) is 0.333. The molecule has 0 aliphatic carbocycles. The Kier molecular flexibility index (Phi) is 2.84. The minimum Gasteiger partial charge on any atom is -0.507 e. The van der Waals surface area contributed by atoms with Gasteiger partial charge >= 0.3 is 0 Å². The predicted octanol–water partition coefficient (Wildman–Crippen LogP) is 2.66. The van der Waals surface area contributed by atoms with Crippen molar-refractivity contribution < 1.29 is 5.11 Å². The molecule has 0 amide bonds. The normalized spacial score (nSPS) is 20.4. The maximum atomic E-state index is 9.86. The lowest BCUT2D eigenvalue weighted by molar-refractivity contribution is 0.414. The Morgan fingerprint density at radius 2 is 1.94 bits per heavy atom. The van der Waals surface area contributed by atoms with Crippen molar-refractivity contribution in [1.82, 2.24) is 4.90 Å². The van der Waals surface area contributed by atoms with Crippen LogP contribution in [-0.4, -0.2) is 36.2 Å². The number of likely N-dealkylation sites (tertiary alicyclic amines) is 1. The topological polar surface area (TPSA) is 35.5 Å². The first-order valence-electron chi connectivity index (χ1n) is 6.40. The van der Waals surface area contributed by atoms with Crippen LogP contribution in [0.15, 0.2) is 36.4 Å². The molecule has 1 aliphatic heterocycles. The fourth-order valence-electron chi connectivity index (χ4n) is 2.69. The highest BCUT2D eigenvalue weighted by atomic mass is 16.3. The number of anilines is 1. The highest BCUT2D eigenvalue weighted by molar-refractivity contribution is 5.97. The molecule has 1 heterocycles. The number of hydrogen-bond acceptors (Lipinski definition) is 3. The lowest BCUT2D eigenvalue weighted by atomic mass is 10.1. The summed E-state index contributed by atoms with van der Waals surface area (Å²) in [6.07, 6.45) is 1.17. The van der Waals surface area contributed by atoms with Crippen LogP contribution in [0.2, 0.25) is 0 Å². The van der Waals surface area contributed by atoms with Crippen molar-refractivity contribution in [1.29, 1.82) is 0 Å². The van der Waals surface area contributed by atoms with E-state index in [4.69, 9.17) is 0 Å². The van der Waals surface area contributed by atoms with Gasteiger partial charge in [-0.15, -0.1) is 0 Å². The van der Waals surface area contributed by atoms with E-state index >= 15 is 0 Å². The summed E-state index contributed by atoms with van der Waals surface area (Å²) in [6.45, 7) is 2.23. The number of benzene rings is 2. The molecule has 18 heavy (non-hydrogen) atoms. The number of likely N-dealkylation sites (N-methyl/N-ethyl adjacent to an activating group) is 1. The molecule has 1 saturated heterocycles. The quantitative estimate of drug-likeness (QED) is 0.850. The molecule has 3 heteroatoms. The number of phenolic OH excluding ortho intramolecular Hbond substituents is 1. The summed E-state index contributed by atoms with van der Waals surface area (Å²) in [6, 6.07) is 12.2. The van der Waals surface area contributed by atoms with Gasteiger partial charge in [-0.3, -0.25) is 0 Å². The maximum absolute atomic E-state index is 9.86. The molecule has 2 N–H and O–H groups in total. The molecule has 1 aliphatic rings. The van der Waals surface area contributed by atoms with Gasteiger partial charge in [0, 0.05) is 29.0 Å². The first kappa shape index (κ1) is 11.4. The van der Waals surface area contributed by atoms with Crippen molar-refractivity contribution in [2.24, 2.45) is 0 Å². The fourth-order valence-corrected chi connectivity index (χ4v) is 2.69. The highest BCUT2D eigenvalue weighted by Gasteiger charge is 2.19. The minimum atomic E-state index is 0.347. The monoisotopic (exact) mass is 242 g/mol. The standard InChI is InChI=1S/C15H18N2O/c1-17-9-8-11(10-17)16-14-6-2-5-13-12(14)4-3-7-15(13)18/h2-7,11,16,18H,8-10H2,1H3. The Morgan fingerprint density at radius 1 is 1.17 bits per heavy atom. The van der Waals surface area contributed by atoms with E-state index in [-0.39, 0.29) is 0 Å². The summed E-state index contributed by atoms with van der Waals surface area (Å²) < 4.78 is 0. The van der Waals surface area contributed by atoms with Crippen LogP contribution in [0, 0.1) is 0 Å². The average molecular weight is 242 g/mol. The van der Waals surface area contributed by atoms with E-state index in [2.05, 4.69) is 29.4 Å². The molecular weight excluding hydrogens is 224 g/mol. The molecule has 3 nitrogen and oxygen atoms in total. The molecular formula is C15H18N2O. The van der Waals surface area contributed by atoms with E-state index in [1.807, 2.05) is 18.2 Å². The zero-order valence-corrected chi connectivity index (χ0v) is 10.6. The van der Waals surface area contributed by atoms with Crippen LogP contribution in [0.3, 0.4) is 0 Å². The second-order valence-corrected chi connectivity index (χ2v) is 5.07. The molecule has 0 aromatic heterocycles. The Morgan fingerprint density at radius 3 is 2.72 bits per heavy atom. The molecule has 1 fully saturated rings. The van der Waals surface area contributed by atoms with Gasteiger partial charge in [0.05, 0.1) is 0 Å². The van der Waals surface area contributed by atoms with E-state index in [0.29, 0.717) is 11.8 Å². The van der Waals surface area contributed by atoms with E-state index in [1.54, 1.807) is 6.07 Å². The number of nitrogens with zero attached hydrogens (tertiary/aromatic N) is 1. The van der Waals surface area contributed by atoms with Crippen molar-refractivity contribution in [3.63, 3.8) is 0 Å². The first-order valence-corrected chi connectivity index (χ1v) is 6.40. The van der Waals surface area contributed by atoms with Crippen LogP contribution < -0.4 is 5.32 Å². The predicted molar refractivity (Wildman–Crippen MR) is 75.1 cm³/mol. The second-order valence-electron chi connectivity index (χ2n) is 5.07. The molecule has 3 rings (SSSR count). The number of nitrogens with one attached hydrogen (secondary N) is 1. The summed E-state index contributed by atoms with van der Waals surface area (Å²) >= 11 is 0. The molecule has 1 unspecified atom stereocenters. The van der Waals surface area contributed by atoms with E-state index in [9.17, 15) is 5.11 Å². The van der Waals surface area contributed by atoms with Crippen molar-refractivity contribution in [3.05, 3.63) is 36.4 Å². The molecule has 0 spiro atoms. The van der Waals surface area contributed by atoms with Crippen LogP contribution in [0.1, 0.15) is 6.42 Å². The van der Waals surface area contributed by atoms with Crippen molar-refractivity contribution >= 4 is 16.5 Å². The third-order valence-corrected chi connectivity index (χ3v) is 3.65. The molecule has 2 aromatic carbocycles. The van der Waals surface area contributed by atoms with Gasteiger partial charge in [0.25, 0.3) is 0 Å². The molecule has 0 bridgehead atoms. The third kappa shape index (κ3) is 2.02. The van der Waals surface area contributed by atoms with Gasteiger partial charge in [0.1, 0.15) is 5.75 Å². The van der Waals surface area contributed by atoms with Crippen molar-refractivity contribution in [3.8, 4) is 5.75 Å². The SMILES string of the molecule is CN1CCC(Nc2cccc3c(O)cccc23)C1. The minimum absolute atomic E-state index is 0.347. The van der Waals surface area contributed by atoms with Gasteiger partial charge in [-0.1, -0.05) is 24.3 Å². The summed E-state index contributed by atoms with van der Waals surface area (Å²) in [7, 11) is 2.15. The zero-order valence-electron chi connectivity index (χ0n) is 10.6. The second kappa shape index (κ2) is 4.50. The molecule has 94 valence electrons. The number of aromatic hydroxyl groups is 1. The Labute approximate surface area is 107 Å². The number of phenols is 1. The van der Waals surface area contributed by atoms with Crippen LogP contribution in [0.5, 0.6) is 5.75 Å². The third-order valence-electron chi connectivity index (χ3n) is 3.65. The summed E-state index contributed by atoms with van der Waals surface area (Å²) in [4.78, 5) is 2.33. The van der Waals surface area contributed by atoms with Crippen LogP contribution >= 0.6 is 0 Å². The van der Waals surface area contributed by atoms with Crippen LogP contribution in [-0.2, 0) is 0 Å².